The topological polar surface area (TPSA) is 39.7 Å². The molecule has 1 aliphatic rings. The summed E-state index contributed by atoms with van der Waals surface area (Å²) in [7, 11) is 1.83. The third-order valence-corrected chi connectivity index (χ3v) is 4.44. The zero-order valence-electron chi connectivity index (χ0n) is 14.2. The average Bonchev–Trinajstić information content (AvgIpc) is 3.07. The van der Waals surface area contributed by atoms with Crippen molar-refractivity contribution in [1.82, 2.24) is 15.5 Å². The number of likely N-dealkylation sites (tertiary alicyclic amines) is 1. The highest BCUT2D eigenvalue weighted by Gasteiger charge is 2.20. The Morgan fingerprint density at radius 3 is 2.45 bits per heavy atom. The van der Waals surface area contributed by atoms with E-state index in [4.69, 9.17) is 0 Å². The fraction of sp³-hybridized carbons (Fsp3) is 0.611. The zero-order chi connectivity index (χ0) is 15.8. The monoisotopic (exact) mass is 302 g/mol. The number of aryl methyl sites for hydroxylation is 1. The van der Waals surface area contributed by atoms with Crippen LogP contribution in [0.25, 0.3) is 0 Å². The van der Waals surface area contributed by atoms with Gasteiger partial charge in [0.25, 0.3) is 0 Å². The van der Waals surface area contributed by atoms with Gasteiger partial charge in [-0.2, -0.15) is 0 Å². The summed E-state index contributed by atoms with van der Waals surface area (Å²) in [5, 5.41) is 6.87. The van der Waals surface area contributed by atoms with Crippen LogP contribution in [0.3, 0.4) is 0 Å². The summed E-state index contributed by atoms with van der Waals surface area (Å²) in [6.45, 7) is 8.64. The van der Waals surface area contributed by atoms with Crippen LogP contribution in [0.1, 0.15) is 37.3 Å². The van der Waals surface area contributed by atoms with Crippen molar-refractivity contribution in [3.63, 3.8) is 0 Å². The number of rotatable bonds is 6. The van der Waals surface area contributed by atoms with E-state index in [1.807, 2.05) is 7.05 Å². The maximum atomic E-state index is 4.33. The van der Waals surface area contributed by atoms with Gasteiger partial charge < -0.3 is 10.6 Å². The Bertz CT molecular complexity index is 460. The van der Waals surface area contributed by atoms with Crippen molar-refractivity contribution in [2.75, 3.05) is 26.7 Å². The third-order valence-electron chi connectivity index (χ3n) is 4.44. The van der Waals surface area contributed by atoms with Crippen LogP contribution >= 0.6 is 0 Å². The molecule has 122 valence electrons. The van der Waals surface area contributed by atoms with Crippen LogP contribution in [0.2, 0.25) is 0 Å². The minimum absolute atomic E-state index is 0.612. The summed E-state index contributed by atoms with van der Waals surface area (Å²) >= 11 is 0. The smallest absolute Gasteiger partial charge is 0.191 e. The Kier molecular flexibility index (Phi) is 6.72. The molecular weight excluding hydrogens is 272 g/mol. The molecule has 4 heteroatoms. The lowest BCUT2D eigenvalue weighted by molar-refractivity contribution is 0.236. The fourth-order valence-electron chi connectivity index (χ4n) is 2.97. The summed E-state index contributed by atoms with van der Waals surface area (Å²) in [6, 6.07) is 9.23. The van der Waals surface area contributed by atoms with Crippen molar-refractivity contribution < 1.29 is 0 Å². The number of nitrogens with one attached hydrogen (secondary N) is 2. The molecule has 1 aromatic carbocycles. The van der Waals surface area contributed by atoms with E-state index in [9.17, 15) is 0 Å². The molecule has 0 spiro atoms. The summed E-state index contributed by atoms with van der Waals surface area (Å²) in [5.41, 5.74) is 2.57. The summed E-state index contributed by atoms with van der Waals surface area (Å²) in [6.07, 6.45) is 3.87. The SMILES string of the molecule is CCC(CNC(=NC)NCc1ccc(C)cc1)N1CCCC1. The van der Waals surface area contributed by atoms with Crippen LogP contribution in [0.15, 0.2) is 29.3 Å². The molecule has 0 amide bonds. The van der Waals surface area contributed by atoms with Gasteiger partial charge in [0, 0.05) is 26.2 Å². The Morgan fingerprint density at radius 2 is 1.86 bits per heavy atom. The Hall–Kier alpha value is -1.55. The van der Waals surface area contributed by atoms with Gasteiger partial charge in [0.2, 0.25) is 0 Å². The highest BCUT2D eigenvalue weighted by molar-refractivity contribution is 5.79. The molecule has 4 nitrogen and oxygen atoms in total. The van der Waals surface area contributed by atoms with E-state index in [-0.39, 0.29) is 0 Å². The molecule has 0 aliphatic carbocycles. The van der Waals surface area contributed by atoms with E-state index < -0.39 is 0 Å². The summed E-state index contributed by atoms with van der Waals surface area (Å²) in [5.74, 6) is 0.887. The van der Waals surface area contributed by atoms with E-state index >= 15 is 0 Å². The summed E-state index contributed by atoms with van der Waals surface area (Å²) in [4.78, 5) is 6.93. The molecule has 1 fully saturated rings. The van der Waals surface area contributed by atoms with Gasteiger partial charge in [0.05, 0.1) is 0 Å². The molecule has 0 aromatic heterocycles. The number of hydrogen-bond acceptors (Lipinski definition) is 2. The number of aliphatic imine (C=N–C) groups is 1. The second-order valence-electron chi connectivity index (χ2n) is 6.10. The van der Waals surface area contributed by atoms with Crippen molar-refractivity contribution in [2.45, 2.75) is 45.7 Å². The van der Waals surface area contributed by atoms with Crippen LogP contribution in [-0.2, 0) is 6.54 Å². The van der Waals surface area contributed by atoms with E-state index in [0.717, 1.165) is 19.0 Å². The van der Waals surface area contributed by atoms with Crippen molar-refractivity contribution in [2.24, 2.45) is 4.99 Å². The predicted molar refractivity (Wildman–Crippen MR) is 94.3 cm³/mol. The molecule has 2 rings (SSSR count). The van der Waals surface area contributed by atoms with Crippen LogP contribution in [0.4, 0.5) is 0 Å². The zero-order valence-corrected chi connectivity index (χ0v) is 14.2. The molecule has 0 bridgehead atoms. The van der Waals surface area contributed by atoms with Crippen LogP contribution in [-0.4, -0.2) is 43.6 Å². The van der Waals surface area contributed by atoms with Gasteiger partial charge >= 0.3 is 0 Å². The maximum Gasteiger partial charge on any atom is 0.191 e. The molecule has 1 aliphatic heterocycles. The molecule has 22 heavy (non-hydrogen) atoms. The van der Waals surface area contributed by atoms with Gasteiger partial charge in [0.1, 0.15) is 0 Å². The van der Waals surface area contributed by atoms with Gasteiger partial charge in [0.15, 0.2) is 5.96 Å². The summed E-state index contributed by atoms with van der Waals surface area (Å²) < 4.78 is 0. The van der Waals surface area contributed by atoms with Gasteiger partial charge in [-0.15, -0.1) is 0 Å². The van der Waals surface area contributed by atoms with Crippen molar-refractivity contribution in [3.05, 3.63) is 35.4 Å². The van der Waals surface area contributed by atoms with Crippen LogP contribution in [0.5, 0.6) is 0 Å². The molecule has 0 saturated carbocycles. The lowest BCUT2D eigenvalue weighted by atomic mass is 10.1. The van der Waals surface area contributed by atoms with Crippen molar-refractivity contribution in [1.29, 1.82) is 0 Å². The second kappa shape index (κ2) is 8.79. The number of hydrogen-bond donors (Lipinski definition) is 2. The minimum Gasteiger partial charge on any atom is -0.355 e. The number of guanidine groups is 1. The van der Waals surface area contributed by atoms with Gasteiger partial charge in [-0.1, -0.05) is 36.8 Å². The molecule has 1 atom stereocenters. The van der Waals surface area contributed by atoms with Crippen molar-refractivity contribution in [3.8, 4) is 0 Å². The van der Waals surface area contributed by atoms with E-state index in [1.165, 1.54) is 43.5 Å². The Labute approximate surface area is 135 Å². The first kappa shape index (κ1) is 16.8. The fourth-order valence-corrected chi connectivity index (χ4v) is 2.97. The van der Waals surface area contributed by atoms with Gasteiger partial charge in [-0.3, -0.25) is 9.89 Å². The Balaban J connectivity index is 1.77. The molecule has 2 N–H and O–H groups in total. The van der Waals surface area contributed by atoms with Crippen LogP contribution < -0.4 is 10.6 Å². The number of nitrogens with zero attached hydrogens (tertiary/aromatic N) is 2. The normalized spacial score (nSPS) is 17.5. The first-order chi connectivity index (χ1) is 10.7. The van der Waals surface area contributed by atoms with Crippen LogP contribution in [0, 0.1) is 6.92 Å². The molecule has 1 aromatic rings. The van der Waals surface area contributed by atoms with Gasteiger partial charge in [-0.05, 0) is 44.8 Å². The average molecular weight is 302 g/mol. The quantitative estimate of drug-likeness (QED) is 0.626. The van der Waals surface area contributed by atoms with Crippen molar-refractivity contribution >= 4 is 5.96 Å². The predicted octanol–water partition coefficient (Wildman–Crippen LogP) is 2.53. The molecule has 1 heterocycles. The first-order valence-electron chi connectivity index (χ1n) is 8.47. The molecule has 1 saturated heterocycles. The molecular formula is C18H30N4. The molecule has 0 radical (unpaired) electrons. The van der Waals surface area contributed by atoms with E-state index in [0.29, 0.717) is 6.04 Å². The lowest BCUT2D eigenvalue weighted by Gasteiger charge is -2.27. The third kappa shape index (κ3) is 5.02. The van der Waals surface area contributed by atoms with E-state index in [1.54, 1.807) is 0 Å². The standard InChI is InChI=1S/C18H30N4/c1-4-17(22-11-5-6-12-22)14-21-18(19-3)20-13-16-9-7-15(2)8-10-16/h7-10,17H,4-6,11-14H2,1-3H3,(H2,19,20,21). The van der Waals surface area contributed by atoms with Gasteiger partial charge in [-0.25, -0.2) is 0 Å². The highest BCUT2D eigenvalue weighted by atomic mass is 15.2. The largest absolute Gasteiger partial charge is 0.355 e. The molecule has 1 unspecified atom stereocenters. The van der Waals surface area contributed by atoms with E-state index in [2.05, 4.69) is 58.6 Å². The Morgan fingerprint density at radius 1 is 1.18 bits per heavy atom. The first-order valence-corrected chi connectivity index (χ1v) is 8.47. The highest BCUT2D eigenvalue weighted by Crippen LogP contribution is 2.13. The maximum absolute atomic E-state index is 4.33. The lowest BCUT2D eigenvalue weighted by Crippen LogP contribution is -2.46. The minimum atomic E-state index is 0.612. The number of benzene rings is 1. The second-order valence-corrected chi connectivity index (χ2v) is 6.10.